The minimum absolute atomic E-state index is 0.0413. The second-order valence-electron chi connectivity index (χ2n) is 7.43. The number of nitrogens with zero attached hydrogens (tertiary/aromatic N) is 1. The van der Waals surface area contributed by atoms with Gasteiger partial charge in [0.15, 0.2) is 0 Å². The van der Waals surface area contributed by atoms with Crippen LogP contribution in [0.5, 0.6) is 0 Å². The van der Waals surface area contributed by atoms with Crippen LogP contribution in [0.15, 0.2) is 54.6 Å². The van der Waals surface area contributed by atoms with Crippen molar-refractivity contribution in [2.45, 2.75) is 46.7 Å². The first-order valence-electron chi connectivity index (χ1n) is 9.54. The van der Waals surface area contributed by atoms with Crippen molar-refractivity contribution in [1.82, 2.24) is 10.2 Å². The summed E-state index contributed by atoms with van der Waals surface area (Å²) in [7, 11) is 0. The van der Waals surface area contributed by atoms with Crippen LogP contribution in [0.4, 0.5) is 0 Å². The van der Waals surface area contributed by atoms with Gasteiger partial charge in [0.1, 0.15) is 6.04 Å². The maximum atomic E-state index is 13.1. The first-order chi connectivity index (χ1) is 12.9. The molecule has 27 heavy (non-hydrogen) atoms. The molecule has 144 valence electrons. The maximum absolute atomic E-state index is 13.1. The van der Waals surface area contributed by atoms with E-state index in [4.69, 9.17) is 0 Å². The average Bonchev–Trinajstić information content (AvgIpc) is 2.66. The number of carbonyl (C=O) groups is 2. The Hall–Kier alpha value is -2.62. The Balaban J connectivity index is 2.19. The summed E-state index contributed by atoms with van der Waals surface area (Å²) < 4.78 is 0. The predicted octanol–water partition coefficient (Wildman–Crippen LogP) is 3.73. The van der Waals surface area contributed by atoms with Gasteiger partial charge in [0, 0.05) is 13.1 Å². The number of hydrogen-bond acceptors (Lipinski definition) is 2. The molecular weight excluding hydrogens is 336 g/mol. The lowest BCUT2D eigenvalue weighted by atomic mass is 10.0. The van der Waals surface area contributed by atoms with Crippen LogP contribution in [-0.4, -0.2) is 29.3 Å². The van der Waals surface area contributed by atoms with Gasteiger partial charge in [0.05, 0.1) is 6.42 Å². The van der Waals surface area contributed by atoms with Crippen molar-refractivity contribution in [1.29, 1.82) is 0 Å². The molecule has 2 aromatic carbocycles. The molecule has 1 N–H and O–H groups in total. The van der Waals surface area contributed by atoms with Crippen molar-refractivity contribution in [2.75, 3.05) is 6.54 Å². The summed E-state index contributed by atoms with van der Waals surface area (Å²) in [4.78, 5) is 27.4. The molecule has 0 aliphatic heterocycles. The van der Waals surface area contributed by atoms with E-state index >= 15 is 0 Å². The fourth-order valence-electron chi connectivity index (χ4n) is 2.89. The number of aryl methyl sites for hydroxylation is 1. The summed E-state index contributed by atoms with van der Waals surface area (Å²) in [6.45, 7) is 8.93. The van der Waals surface area contributed by atoms with Gasteiger partial charge in [0.25, 0.3) is 0 Å². The zero-order valence-electron chi connectivity index (χ0n) is 16.7. The van der Waals surface area contributed by atoms with Crippen molar-refractivity contribution < 1.29 is 9.59 Å². The highest BCUT2D eigenvalue weighted by atomic mass is 16.2. The van der Waals surface area contributed by atoms with Crippen LogP contribution in [-0.2, 0) is 22.6 Å². The number of amides is 2. The van der Waals surface area contributed by atoms with Crippen LogP contribution < -0.4 is 5.32 Å². The van der Waals surface area contributed by atoms with Crippen molar-refractivity contribution in [3.05, 3.63) is 71.3 Å². The van der Waals surface area contributed by atoms with Crippen LogP contribution in [0.1, 0.15) is 37.5 Å². The highest BCUT2D eigenvalue weighted by molar-refractivity contribution is 5.88. The Labute approximate surface area is 162 Å². The Kier molecular flexibility index (Phi) is 7.59. The van der Waals surface area contributed by atoms with E-state index in [0.717, 1.165) is 16.7 Å². The first-order valence-corrected chi connectivity index (χ1v) is 9.54. The minimum atomic E-state index is -0.527. The van der Waals surface area contributed by atoms with E-state index in [2.05, 4.69) is 19.2 Å². The van der Waals surface area contributed by atoms with Gasteiger partial charge in [-0.25, -0.2) is 0 Å². The van der Waals surface area contributed by atoms with E-state index in [1.807, 2.05) is 61.5 Å². The SMILES string of the molecule is Cc1ccccc1CC(=O)N(Cc1ccccc1)C(C)C(=O)NCC(C)C. The number of rotatable bonds is 8. The molecule has 0 fully saturated rings. The third-order valence-electron chi connectivity index (χ3n) is 4.65. The summed E-state index contributed by atoms with van der Waals surface area (Å²) >= 11 is 0. The molecule has 0 heterocycles. The van der Waals surface area contributed by atoms with Gasteiger partial charge in [-0.2, -0.15) is 0 Å². The van der Waals surface area contributed by atoms with Crippen LogP contribution >= 0.6 is 0 Å². The molecule has 0 spiro atoms. The number of benzene rings is 2. The van der Waals surface area contributed by atoms with E-state index in [1.54, 1.807) is 11.8 Å². The molecule has 1 atom stereocenters. The minimum Gasteiger partial charge on any atom is -0.354 e. The van der Waals surface area contributed by atoms with Gasteiger partial charge in [-0.15, -0.1) is 0 Å². The molecular formula is C23H30N2O2. The first kappa shape index (κ1) is 20.7. The molecule has 4 nitrogen and oxygen atoms in total. The molecule has 0 saturated carbocycles. The lowest BCUT2D eigenvalue weighted by Crippen LogP contribution is -2.48. The third-order valence-corrected chi connectivity index (χ3v) is 4.65. The monoisotopic (exact) mass is 366 g/mol. The smallest absolute Gasteiger partial charge is 0.242 e. The Morgan fingerprint density at radius 3 is 2.22 bits per heavy atom. The fourth-order valence-corrected chi connectivity index (χ4v) is 2.89. The number of carbonyl (C=O) groups excluding carboxylic acids is 2. The van der Waals surface area contributed by atoms with E-state index < -0.39 is 6.04 Å². The van der Waals surface area contributed by atoms with Gasteiger partial charge in [0.2, 0.25) is 11.8 Å². The molecule has 2 amide bonds. The Bertz CT molecular complexity index is 756. The second kappa shape index (κ2) is 9.91. The number of hydrogen-bond donors (Lipinski definition) is 1. The highest BCUT2D eigenvalue weighted by Crippen LogP contribution is 2.14. The molecule has 0 aliphatic carbocycles. The zero-order chi connectivity index (χ0) is 19.8. The Morgan fingerprint density at radius 2 is 1.59 bits per heavy atom. The molecule has 2 rings (SSSR count). The number of nitrogens with one attached hydrogen (secondary N) is 1. The van der Waals surface area contributed by atoms with Crippen molar-refractivity contribution >= 4 is 11.8 Å². The summed E-state index contributed by atoms with van der Waals surface area (Å²) in [6.07, 6.45) is 0.293. The maximum Gasteiger partial charge on any atom is 0.242 e. The molecule has 4 heteroatoms. The summed E-state index contributed by atoms with van der Waals surface area (Å²) in [5, 5.41) is 2.95. The second-order valence-corrected chi connectivity index (χ2v) is 7.43. The lowest BCUT2D eigenvalue weighted by Gasteiger charge is -2.29. The predicted molar refractivity (Wildman–Crippen MR) is 109 cm³/mol. The van der Waals surface area contributed by atoms with Crippen LogP contribution in [0.2, 0.25) is 0 Å². The molecule has 0 aromatic heterocycles. The van der Waals surface area contributed by atoms with Gasteiger partial charge < -0.3 is 10.2 Å². The van der Waals surface area contributed by atoms with E-state index in [-0.39, 0.29) is 11.8 Å². The summed E-state index contributed by atoms with van der Waals surface area (Å²) in [6, 6.07) is 17.1. The summed E-state index contributed by atoms with van der Waals surface area (Å²) in [5.41, 5.74) is 3.09. The van der Waals surface area contributed by atoms with Crippen LogP contribution in [0.25, 0.3) is 0 Å². The third kappa shape index (κ3) is 6.24. The average molecular weight is 367 g/mol. The standard InChI is InChI=1S/C23H30N2O2/c1-17(2)15-24-23(27)19(4)25(16-20-11-6-5-7-12-20)22(26)14-21-13-9-8-10-18(21)3/h5-13,17,19H,14-16H2,1-4H3,(H,24,27). The quantitative estimate of drug-likeness (QED) is 0.774. The van der Waals surface area contributed by atoms with E-state index in [9.17, 15) is 9.59 Å². The van der Waals surface area contributed by atoms with Gasteiger partial charge in [-0.1, -0.05) is 68.4 Å². The lowest BCUT2D eigenvalue weighted by molar-refractivity contribution is -0.140. The van der Waals surface area contributed by atoms with Gasteiger partial charge in [-0.05, 0) is 36.5 Å². The molecule has 2 aromatic rings. The molecule has 0 aliphatic rings. The normalized spacial score (nSPS) is 11.9. The van der Waals surface area contributed by atoms with E-state index in [1.165, 1.54) is 0 Å². The Morgan fingerprint density at radius 1 is 0.963 bits per heavy atom. The van der Waals surface area contributed by atoms with Gasteiger partial charge >= 0.3 is 0 Å². The molecule has 0 radical (unpaired) electrons. The van der Waals surface area contributed by atoms with E-state index in [0.29, 0.717) is 25.4 Å². The molecule has 0 bridgehead atoms. The highest BCUT2D eigenvalue weighted by Gasteiger charge is 2.26. The fraction of sp³-hybridized carbons (Fsp3) is 0.391. The van der Waals surface area contributed by atoms with Crippen molar-refractivity contribution in [3.8, 4) is 0 Å². The van der Waals surface area contributed by atoms with Crippen LogP contribution in [0.3, 0.4) is 0 Å². The topological polar surface area (TPSA) is 49.4 Å². The van der Waals surface area contributed by atoms with Crippen LogP contribution in [0, 0.1) is 12.8 Å². The van der Waals surface area contributed by atoms with Crippen molar-refractivity contribution in [2.24, 2.45) is 5.92 Å². The zero-order valence-corrected chi connectivity index (χ0v) is 16.7. The summed E-state index contributed by atoms with van der Waals surface area (Å²) in [5.74, 6) is 0.213. The molecule has 1 unspecified atom stereocenters. The largest absolute Gasteiger partial charge is 0.354 e. The molecule has 0 saturated heterocycles. The van der Waals surface area contributed by atoms with Gasteiger partial charge in [-0.3, -0.25) is 9.59 Å². The van der Waals surface area contributed by atoms with Crippen molar-refractivity contribution in [3.63, 3.8) is 0 Å².